The third-order valence-electron chi connectivity index (χ3n) is 6.11. The van der Waals surface area contributed by atoms with E-state index in [1.807, 2.05) is 41.2 Å². The number of amides is 1. The van der Waals surface area contributed by atoms with E-state index in [1.54, 1.807) is 12.1 Å². The van der Waals surface area contributed by atoms with Gasteiger partial charge in [0.25, 0.3) is 5.91 Å². The topological polar surface area (TPSA) is 47.9 Å². The summed E-state index contributed by atoms with van der Waals surface area (Å²) in [4.78, 5) is 13.4. The SMILES string of the molecule is CC1C(C(=O)NN2CCc3ccccc32)=NN(c2ccc(Cl)cc2Cl)C1c1ccc(I)cc1. The van der Waals surface area contributed by atoms with Gasteiger partial charge in [0.1, 0.15) is 5.71 Å². The molecule has 0 aromatic heterocycles. The first-order valence-corrected chi connectivity index (χ1v) is 12.5. The standard InChI is InChI=1S/C25H21Cl2IN4O/c1-15-23(25(33)30-31-13-12-16-4-2-3-5-21(16)31)29-32(22-11-8-18(26)14-20(22)27)24(15)17-6-9-19(28)10-7-17/h2-11,14-15,24H,12-13H2,1H3,(H,30,33). The summed E-state index contributed by atoms with van der Waals surface area (Å²) in [5, 5.41) is 9.59. The lowest BCUT2D eigenvalue weighted by Gasteiger charge is -2.27. The van der Waals surface area contributed by atoms with E-state index in [4.69, 9.17) is 28.3 Å². The van der Waals surface area contributed by atoms with Crippen molar-refractivity contribution in [1.82, 2.24) is 5.43 Å². The Bertz CT molecular complexity index is 1250. The van der Waals surface area contributed by atoms with Crippen LogP contribution in [0.15, 0.2) is 71.8 Å². The number of hydrogen-bond donors (Lipinski definition) is 1. The molecule has 33 heavy (non-hydrogen) atoms. The van der Waals surface area contributed by atoms with Crippen molar-refractivity contribution in [3.05, 3.63) is 91.5 Å². The first kappa shape index (κ1) is 22.5. The van der Waals surface area contributed by atoms with Crippen molar-refractivity contribution < 1.29 is 4.79 Å². The number of carbonyl (C=O) groups excluding carboxylic acids is 1. The maximum absolute atomic E-state index is 13.4. The molecule has 0 saturated carbocycles. The van der Waals surface area contributed by atoms with Crippen molar-refractivity contribution in [2.45, 2.75) is 19.4 Å². The zero-order valence-electron chi connectivity index (χ0n) is 17.8. The van der Waals surface area contributed by atoms with Gasteiger partial charge < -0.3 is 0 Å². The van der Waals surface area contributed by atoms with E-state index in [2.05, 4.69) is 58.3 Å². The molecule has 3 aromatic carbocycles. The number of para-hydroxylation sites is 1. The number of hydrazine groups is 1. The summed E-state index contributed by atoms with van der Waals surface area (Å²) in [5.41, 5.74) is 7.57. The van der Waals surface area contributed by atoms with E-state index >= 15 is 0 Å². The van der Waals surface area contributed by atoms with Crippen molar-refractivity contribution in [2.24, 2.45) is 11.0 Å². The molecular weight excluding hydrogens is 570 g/mol. The Hall–Kier alpha value is -2.29. The zero-order chi connectivity index (χ0) is 23.1. The average molecular weight is 591 g/mol. The summed E-state index contributed by atoms with van der Waals surface area (Å²) >= 11 is 15.0. The summed E-state index contributed by atoms with van der Waals surface area (Å²) in [7, 11) is 0. The van der Waals surface area contributed by atoms with Gasteiger partial charge in [-0.15, -0.1) is 0 Å². The van der Waals surface area contributed by atoms with Gasteiger partial charge in [-0.2, -0.15) is 5.10 Å². The highest BCUT2D eigenvalue weighted by Crippen LogP contribution is 2.42. The highest BCUT2D eigenvalue weighted by Gasteiger charge is 2.40. The number of hydrogen-bond acceptors (Lipinski definition) is 4. The van der Waals surface area contributed by atoms with Gasteiger partial charge in [-0.05, 0) is 76.5 Å². The van der Waals surface area contributed by atoms with Gasteiger partial charge in [0.05, 0.1) is 22.4 Å². The molecule has 2 aliphatic heterocycles. The highest BCUT2D eigenvalue weighted by molar-refractivity contribution is 14.1. The Morgan fingerprint density at radius 1 is 1.06 bits per heavy atom. The molecule has 0 fully saturated rings. The lowest BCUT2D eigenvalue weighted by atomic mass is 9.91. The quantitative estimate of drug-likeness (QED) is 0.366. The molecule has 2 aliphatic rings. The number of anilines is 2. The molecule has 2 unspecified atom stereocenters. The van der Waals surface area contributed by atoms with Crippen molar-refractivity contribution in [3.63, 3.8) is 0 Å². The predicted octanol–water partition coefficient (Wildman–Crippen LogP) is 6.25. The lowest BCUT2D eigenvalue weighted by Crippen LogP contribution is -2.45. The van der Waals surface area contributed by atoms with Crippen LogP contribution in [0.4, 0.5) is 11.4 Å². The monoisotopic (exact) mass is 590 g/mol. The smallest absolute Gasteiger partial charge is 0.285 e. The van der Waals surface area contributed by atoms with Crippen LogP contribution in [0.25, 0.3) is 0 Å². The first-order chi connectivity index (χ1) is 15.9. The van der Waals surface area contributed by atoms with Crippen LogP contribution < -0.4 is 15.4 Å². The molecule has 3 aromatic rings. The zero-order valence-corrected chi connectivity index (χ0v) is 21.5. The maximum Gasteiger partial charge on any atom is 0.286 e. The number of halogens is 3. The predicted molar refractivity (Wildman–Crippen MR) is 143 cm³/mol. The first-order valence-electron chi connectivity index (χ1n) is 10.7. The Labute approximate surface area is 216 Å². The Morgan fingerprint density at radius 3 is 2.58 bits per heavy atom. The van der Waals surface area contributed by atoms with E-state index in [1.165, 1.54) is 5.56 Å². The Balaban J connectivity index is 1.49. The van der Waals surface area contributed by atoms with Crippen LogP contribution in [0.3, 0.4) is 0 Å². The molecule has 2 heterocycles. The molecule has 8 heteroatoms. The lowest BCUT2D eigenvalue weighted by molar-refractivity contribution is -0.115. The van der Waals surface area contributed by atoms with E-state index in [0.29, 0.717) is 21.4 Å². The van der Waals surface area contributed by atoms with E-state index in [-0.39, 0.29) is 17.9 Å². The largest absolute Gasteiger partial charge is 0.286 e. The maximum atomic E-state index is 13.4. The molecule has 1 amide bonds. The number of nitrogens with zero attached hydrogens (tertiary/aromatic N) is 3. The van der Waals surface area contributed by atoms with E-state index in [9.17, 15) is 4.79 Å². The average Bonchev–Trinajstić information content (AvgIpc) is 3.36. The van der Waals surface area contributed by atoms with Crippen LogP contribution in [0.5, 0.6) is 0 Å². The second kappa shape index (κ2) is 9.16. The minimum atomic E-state index is -0.206. The van der Waals surface area contributed by atoms with Crippen LogP contribution in [-0.2, 0) is 11.2 Å². The van der Waals surface area contributed by atoms with Crippen LogP contribution >= 0.6 is 45.8 Å². The van der Waals surface area contributed by atoms with Crippen molar-refractivity contribution in [1.29, 1.82) is 0 Å². The van der Waals surface area contributed by atoms with Gasteiger partial charge in [-0.25, -0.2) is 0 Å². The van der Waals surface area contributed by atoms with Crippen LogP contribution in [0.1, 0.15) is 24.1 Å². The van der Waals surface area contributed by atoms with Crippen molar-refractivity contribution in [3.8, 4) is 0 Å². The fourth-order valence-corrected chi connectivity index (χ4v) is 5.33. The van der Waals surface area contributed by atoms with Crippen LogP contribution in [0, 0.1) is 9.49 Å². The van der Waals surface area contributed by atoms with Crippen LogP contribution in [0.2, 0.25) is 10.0 Å². The summed E-state index contributed by atoms with van der Waals surface area (Å²) in [6, 6.07) is 21.5. The summed E-state index contributed by atoms with van der Waals surface area (Å²) in [5.74, 6) is -0.364. The van der Waals surface area contributed by atoms with Crippen molar-refractivity contribution in [2.75, 3.05) is 16.6 Å². The number of fused-ring (bicyclic) bond motifs is 1. The molecule has 0 bridgehead atoms. The van der Waals surface area contributed by atoms with E-state index < -0.39 is 0 Å². The third-order valence-corrected chi connectivity index (χ3v) is 7.37. The fraction of sp³-hybridized carbons (Fsp3) is 0.200. The second-order valence-corrected chi connectivity index (χ2v) is 10.3. The van der Waals surface area contributed by atoms with Gasteiger partial charge >= 0.3 is 0 Å². The summed E-state index contributed by atoms with van der Waals surface area (Å²) < 4.78 is 1.14. The molecular formula is C25H21Cl2IN4O. The number of rotatable bonds is 4. The molecule has 0 spiro atoms. The van der Waals surface area contributed by atoms with Gasteiger partial charge in [0, 0.05) is 21.1 Å². The minimum absolute atomic E-state index is 0.158. The highest BCUT2D eigenvalue weighted by atomic mass is 127. The Kier molecular flexibility index (Phi) is 6.24. The normalized spacial score (nSPS) is 19.5. The molecule has 2 atom stereocenters. The molecule has 0 aliphatic carbocycles. The molecule has 5 nitrogen and oxygen atoms in total. The molecule has 168 valence electrons. The molecule has 5 rings (SSSR count). The number of benzene rings is 3. The van der Waals surface area contributed by atoms with Crippen LogP contribution in [-0.4, -0.2) is 18.2 Å². The Morgan fingerprint density at radius 2 is 1.82 bits per heavy atom. The number of nitrogens with one attached hydrogen (secondary N) is 1. The number of hydrazone groups is 1. The molecule has 1 N–H and O–H groups in total. The van der Waals surface area contributed by atoms with Gasteiger partial charge in [0.2, 0.25) is 0 Å². The van der Waals surface area contributed by atoms with Crippen molar-refractivity contribution >= 4 is 68.8 Å². The fourth-order valence-electron chi connectivity index (χ4n) is 4.48. The van der Waals surface area contributed by atoms with Gasteiger partial charge in [-0.3, -0.25) is 20.2 Å². The van der Waals surface area contributed by atoms with Gasteiger partial charge in [0.15, 0.2) is 0 Å². The molecule has 0 radical (unpaired) electrons. The summed E-state index contributed by atoms with van der Waals surface area (Å²) in [6.45, 7) is 2.77. The van der Waals surface area contributed by atoms with Gasteiger partial charge in [-0.1, -0.05) is 60.5 Å². The summed E-state index contributed by atoms with van der Waals surface area (Å²) in [6.07, 6.45) is 0.899. The third kappa shape index (κ3) is 4.32. The molecule has 0 saturated heterocycles. The minimum Gasteiger partial charge on any atom is -0.285 e. The second-order valence-electron chi connectivity index (χ2n) is 8.18. The van der Waals surface area contributed by atoms with E-state index in [0.717, 1.165) is 27.8 Å². The number of carbonyl (C=O) groups is 1.